The molecule has 0 spiro atoms. The highest BCUT2D eigenvalue weighted by atomic mass is 19.1. The molecule has 1 atom stereocenters. The van der Waals surface area contributed by atoms with Crippen molar-refractivity contribution in [3.8, 4) is 0 Å². The van der Waals surface area contributed by atoms with Crippen LogP contribution in [0.2, 0.25) is 0 Å². The minimum Gasteiger partial charge on any atom is -0.352 e. The summed E-state index contributed by atoms with van der Waals surface area (Å²) in [5.41, 5.74) is -0.735. The first kappa shape index (κ1) is 13.9. The summed E-state index contributed by atoms with van der Waals surface area (Å²) in [4.78, 5) is 11.6. The molecule has 0 aliphatic carbocycles. The van der Waals surface area contributed by atoms with Gasteiger partial charge in [-0.2, -0.15) is 0 Å². The van der Waals surface area contributed by atoms with Crippen LogP contribution >= 0.6 is 0 Å². The molecule has 1 aliphatic heterocycles. The van der Waals surface area contributed by atoms with Crippen molar-refractivity contribution >= 4 is 5.91 Å². The molecule has 1 saturated heterocycles. The number of halogens is 3. The molecule has 0 bridgehead atoms. The van der Waals surface area contributed by atoms with Crippen LogP contribution in [0.5, 0.6) is 0 Å². The van der Waals surface area contributed by atoms with Crippen molar-refractivity contribution in [2.45, 2.75) is 25.3 Å². The van der Waals surface area contributed by atoms with Crippen LogP contribution in [0.1, 0.15) is 29.6 Å². The van der Waals surface area contributed by atoms with Crippen LogP contribution in [-0.2, 0) is 0 Å². The van der Waals surface area contributed by atoms with E-state index in [0.29, 0.717) is 31.1 Å². The molecule has 1 aliphatic rings. The van der Waals surface area contributed by atoms with Gasteiger partial charge in [0.05, 0.1) is 0 Å². The predicted molar refractivity (Wildman–Crippen MR) is 64.3 cm³/mol. The van der Waals surface area contributed by atoms with E-state index in [0.717, 1.165) is 19.4 Å². The minimum atomic E-state index is -1.19. The summed E-state index contributed by atoms with van der Waals surface area (Å²) in [6.45, 7) is 1.28. The maximum Gasteiger partial charge on any atom is 0.257 e. The molecular weight excluding hydrogens is 257 g/mol. The maximum absolute atomic E-state index is 13.3. The van der Waals surface area contributed by atoms with Crippen LogP contribution in [0.4, 0.5) is 13.2 Å². The topological polar surface area (TPSA) is 41.1 Å². The van der Waals surface area contributed by atoms with E-state index in [1.54, 1.807) is 0 Å². The Morgan fingerprint density at radius 3 is 2.58 bits per heavy atom. The van der Waals surface area contributed by atoms with Crippen molar-refractivity contribution in [2.24, 2.45) is 0 Å². The SMILES string of the molecule is O=C(NCC[C@@H]1CCCN1)c1c(F)cc(F)cc1F. The van der Waals surface area contributed by atoms with Gasteiger partial charge in [-0.25, -0.2) is 13.2 Å². The van der Waals surface area contributed by atoms with Gasteiger partial charge in [0.15, 0.2) is 0 Å². The highest BCUT2D eigenvalue weighted by Gasteiger charge is 2.19. The fourth-order valence-corrected chi connectivity index (χ4v) is 2.21. The Morgan fingerprint density at radius 2 is 2.00 bits per heavy atom. The quantitative estimate of drug-likeness (QED) is 0.880. The first-order chi connectivity index (χ1) is 9.08. The van der Waals surface area contributed by atoms with E-state index in [1.807, 2.05) is 0 Å². The standard InChI is InChI=1S/C13H15F3N2O/c14-8-6-10(15)12(11(16)7-8)13(19)18-5-3-9-2-1-4-17-9/h6-7,9,17H,1-5H2,(H,18,19)/t9-/m0/s1. The molecule has 0 saturated carbocycles. The molecule has 2 N–H and O–H groups in total. The summed E-state index contributed by atoms with van der Waals surface area (Å²) < 4.78 is 39.4. The minimum absolute atomic E-state index is 0.326. The first-order valence-corrected chi connectivity index (χ1v) is 6.24. The van der Waals surface area contributed by atoms with Crippen LogP contribution in [0, 0.1) is 17.5 Å². The largest absolute Gasteiger partial charge is 0.352 e. The van der Waals surface area contributed by atoms with Crippen LogP contribution in [0.25, 0.3) is 0 Å². The second-order valence-electron chi connectivity index (χ2n) is 4.58. The number of benzene rings is 1. The van der Waals surface area contributed by atoms with E-state index in [9.17, 15) is 18.0 Å². The van der Waals surface area contributed by atoms with Crippen LogP contribution in [0.15, 0.2) is 12.1 Å². The second kappa shape index (κ2) is 6.06. The third kappa shape index (κ3) is 3.47. The summed E-state index contributed by atoms with van der Waals surface area (Å²) in [5.74, 6) is -4.27. The zero-order valence-corrected chi connectivity index (χ0v) is 10.3. The fraction of sp³-hybridized carbons (Fsp3) is 0.462. The summed E-state index contributed by atoms with van der Waals surface area (Å²) in [5, 5.41) is 5.70. The lowest BCUT2D eigenvalue weighted by Gasteiger charge is -2.11. The van der Waals surface area contributed by atoms with E-state index in [1.165, 1.54) is 0 Å². The van der Waals surface area contributed by atoms with Crippen LogP contribution < -0.4 is 10.6 Å². The number of carbonyl (C=O) groups excluding carboxylic acids is 1. The van der Waals surface area contributed by atoms with Gasteiger partial charge in [0.2, 0.25) is 0 Å². The Morgan fingerprint density at radius 1 is 1.32 bits per heavy atom. The lowest BCUT2D eigenvalue weighted by Crippen LogP contribution is -2.31. The van der Waals surface area contributed by atoms with Crippen molar-refractivity contribution in [2.75, 3.05) is 13.1 Å². The van der Waals surface area contributed by atoms with Crippen LogP contribution in [0.3, 0.4) is 0 Å². The van der Waals surface area contributed by atoms with Gasteiger partial charge < -0.3 is 10.6 Å². The molecule has 1 aromatic carbocycles. The summed E-state index contributed by atoms with van der Waals surface area (Å²) in [7, 11) is 0. The summed E-state index contributed by atoms with van der Waals surface area (Å²) in [6, 6.07) is 1.33. The molecule has 1 fully saturated rings. The van der Waals surface area contributed by atoms with Gasteiger partial charge in [-0.3, -0.25) is 4.79 Å². The molecule has 1 heterocycles. The number of nitrogens with one attached hydrogen (secondary N) is 2. The van der Waals surface area contributed by atoms with Crippen molar-refractivity contribution in [3.63, 3.8) is 0 Å². The Hall–Kier alpha value is -1.56. The number of amides is 1. The summed E-state index contributed by atoms with van der Waals surface area (Å²) >= 11 is 0. The van der Waals surface area contributed by atoms with E-state index in [2.05, 4.69) is 10.6 Å². The van der Waals surface area contributed by atoms with E-state index < -0.39 is 28.9 Å². The average molecular weight is 272 g/mol. The monoisotopic (exact) mass is 272 g/mol. The lowest BCUT2D eigenvalue weighted by molar-refractivity contribution is 0.0943. The highest BCUT2D eigenvalue weighted by Crippen LogP contribution is 2.14. The van der Waals surface area contributed by atoms with E-state index >= 15 is 0 Å². The van der Waals surface area contributed by atoms with E-state index in [4.69, 9.17) is 0 Å². The van der Waals surface area contributed by atoms with E-state index in [-0.39, 0.29) is 0 Å². The van der Waals surface area contributed by atoms with Gasteiger partial charge in [0.25, 0.3) is 5.91 Å². The maximum atomic E-state index is 13.3. The van der Waals surface area contributed by atoms with Crippen LogP contribution in [-0.4, -0.2) is 25.0 Å². The molecule has 1 amide bonds. The second-order valence-corrected chi connectivity index (χ2v) is 4.58. The Balaban J connectivity index is 1.92. The molecular formula is C13H15F3N2O. The van der Waals surface area contributed by atoms with Gasteiger partial charge in [-0.15, -0.1) is 0 Å². The molecule has 0 aromatic heterocycles. The molecule has 2 rings (SSSR count). The lowest BCUT2D eigenvalue weighted by atomic mass is 10.1. The van der Waals surface area contributed by atoms with Crippen molar-refractivity contribution in [1.29, 1.82) is 0 Å². The van der Waals surface area contributed by atoms with Crippen molar-refractivity contribution < 1.29 is 18.0 Å². The number of hydrogen-bond donors (Lipinski definition) is 2. The van der Waals surface area contributed by atoms with Crippen molar-refractivity contribution in [1.82, 2.24) is 10.6 Å². The number of hydrogen-bond acceptors (Lipinski definition) is 2. The Bertz CT molecular complexity index is 450. The molecule has 0 radical (unpaired) electrons. The molecule has 3 nitrogen and oxygen atoms in total. The molecule has 1 aromatic rings. The van der Waals surface area contributed by atoms with Gasteiger partial charge in [0, 0.05) is 24.7 Å². The normalized spacial score (nSPS) is 18.6. The molecule has 19 heavy (non-hydrogen) atoms. The average Bonchev–Trinajstić information content (AvgIpc) is 2.80. The zero-order chi connectivity index (χ0) is 13.8. The highest BCUT2D eigenvalue weighted by molar-refractivity contribution is 5.94. The zero-order valence-electron chi connectivity index (χ0n) is 10.3. The Kier molecular flexibility index (Phi) is 4.42. The molecule has 104 valence electrons. The van der Waals surface area contributed by atoms with Gasteiger partial charge in [-0.05, 0) is 25.8 Å². The third-order valence-corrected chi connectivity index (χ3v) is 3.17. The number of carbonyl (C=O) groups is 1. The Labute approximate surface area is 109 Å². The smallest absolute Gasteiger partial charge is 0.257 e. The van der Waals surface area contributed by atoms with Gasteiger partial charge >= 0.3 is 0 Å². The first-order valence-electron chi connectivity index (χ1n) is 6.24. The fourth-order valence-electron chi connectivity index (χ4n) is 2.21. The third-order valence-electron chi connectivity index (χ3n) is 3.17. The molecule has 0 unspecified atom stereocenters. The van der Waals surface area contributed by atoms with Crippen molar-refractivity contribution in [3.05, 3.63) is 35.1 Å². The number of rotatable bonds is 4. The summed E-state index contributed by atoms with van der Waals surface area (Å²) in [6.07, 6.45) is 2.84. The predicted octanol–water partition coefficient (Wildman–Crippen LogP) is 1.98. The van der Waals surface area contributed by atoms with Gasteiger partial charge in [0.1, 0.15) is 23.0 Å². The molecule has 6 heteroatoms. The van der Waals surface area contributed by atoms with Gasteiger partial charge in [-0.1, -0.05) is 0 Å².